The van der Waals surface area contributed by atoms with Gasteiger partial charge < -0.3 is 9.88 Å². The van der Waals surface area contributed by atoms with Crippen LogP contribution in [0.1, 0.15) is 37.6 Å². The summed E-state index contributed by atoms with van der Waals surface area (Å²) in [6.45, 7) is 6.40. The van der Waals surface area contributed by atoms with Crippen LogP contribution in [0.3, 0.4) is 0 Å². The summed E-state index contributed by atoms with van der Waals surface area (Å²) < 4.78 is 3.48. The molecule has 0 saturated heterocycles. The predicted octanol–water partition coefficient (Wildman–Crippen LogP) is 4.51. The minimum absolute atomic E-state index is 0.334. The van der Waals surface area contributed by atoms with Crippen molar-refractivity contribution in [3.8, 4) is 0 Å². The Hall–Kier alpha value is -1.06. The van der Waals surface area contributed by atoms with Gasteiger partial charge in [-0.1, -0.05) is 41.1 Å². The number of aryl methyl sites for hydroxylation is 1. The minimum Gasteiger partial charge on any atom is -0.350 e. The van der Waals surface area contributed by atoms with Gasteiger partial charge in [-0.05, 0) is 37.1 Å². The molecule has 1 N–H and O–H groups in total. The summed E-state index contributed by atoms with van der Waals surface area (Å²) in [4.78, 5) is 0. The molecule has 1 aromatic heterocycles. The van der Waals surface area contributed by atoms with Crippen LogP contribution in [0.25, 0.3) is 0 Å². The Labute approximate surface area is 124 Å². The first-order valence-electron chi connectivity index (χ1n) is 6.84. The van der Waals surface area contributed by atoms with Gasteiger partial charge in [-0.15, -0.1) is 0 Å². The van der Waals surface area contributed by atoms with E-state index in [0.29, 0.717) is 6.04 Å². The van der Waals surface area contributed by atoms with Crippen molar-refractivity contribution in [2.75, 3.05) is 0 Å². The molecule has 0 spiro atoms. The topological polar surface area (TPSA) is 17.0 Å². The van der Waals surface area contributed by atoms with Crippen molar-refractivity contribution in [3.05, 3.63) is 58.3 Å². The van der Waals surface area contributed by atoms with Crippen molar-refractivity contribution in [3.63, 3.8) is 0 Å². The largest absolute Gasteiger partial charge is 0.350 e. The van der Waals surface area contributed by atoms with Crippen LogP contribution in [-0.4, -0.2) is 4.57 Å². The van der Waals surface area contributed by atoms with E-state index in [1.54, 1.807) is 0 Å². The Morgan fingerprint density at radius 2 is 2.00 bits per heavy atom. The zero-order valence-electron chi connectivity index (χ0n) is 11.6. The number of nitrogens with zero attached hydrogens (tertiary/aromatic N) is 1. The second-order valence-electron chi connectivity index (χ2n) is 4.82. The fourth-order valence-electron chi connectivity index (χ4n) is 2.26. The van der Waals surface area contributed by atoms with Crippen LogP contribution in [0, 0.1) is 0 Å². The van der Waals surface area contributed by atoms with Crippen LogP contribution >= 0.6 is 15.9 Å². The maximum Gasteiger partial charge on any atom is 0.0364 e. The van der Waals surface area contributed by atoms with Crippen molar-refractivity contribution < 1.29 is 0 Å². The van der Waals surface area contributed by atoms with Crippen LogP contribution in [0.5, 0.6) is 0 Å². The molecule has 3 heteroatoms. The lowest BCUT2D eigenvalue weighted by molar-refractivity contribution is 0.540. The first-order chi connectivity index (χ1) is 9.22. The van der Waals surface area contributed by atoms with E-state index in [1.165, 1.54) is 22.2 Å². The van der Waals surface area contributed by atoms with Gasteiger partial charge in [0.05, 0.1) is 0 Å². The quantitative estimate of drug-likeness (QED) is 0.828. The zero-order chi connectivity index (χ0) is 13.7. The molecule has 0 radical (unpaired) electrons. The number of aromatic nitrogens is 1. The van der Waals surface area contributed by atoms with Crippen molar-refractivity contribution >= 4 is 15.9 Å². The molecule has 0 unspecified atom stereocenters. The highest BCUT2D eigenvalue weighted by Crippen LogP contribution is 2.23. The summed E-state index contributed by atoms with van der Waals surface area (Å²) in [6, 6.07) is 13.0. The third-order valence-electron chi connectivity index (χ3n) is 3.35. The van der Waals surface area contributed by atoms with Crippen LogP contribution in [0.4, 0.5) is 0 Å². The smallest absolute Gasteiger partial charge is 0.0364 e. The third kappa shape index (κ3) is 3.71. The van der Waals surface area contributed by atoms with Crippen molar-refractivity contribution in [1.29, 1.82) is 0 Å². The number of nitrogens with one attached hydrogen (secondary N) is 1. The summed E-state index contributed by atoms with van der Waals surface area (Å²) in [5.74, 6) is 0. The average Bonchev–Trinajstić information content (AvgIpc) is 2.84. The SMILES string of the molecule is CCCn1cccc1CN[C@H](C)c1ccccc1Br. The molecule has 2 aromatic rings. The zero-order valence-corrected chi connectivity index (χ0v) is 13.2. The number of benzene rings is 1. The summed E-state index contributed by atoms with van der Waals surface area (Å²) in [7, 11) is 0. The molecule has 1 heterocycles. The second-order valence-corrected chi connectivity index (χ2v) is 5.67. The van der Waals surface area contributed by atoms with Crippen molar-refractivity contribution in [1.82, 2.24) is 9.88 Å². The van der Waals surface area contributed by atoms with Crippen LogP contribution in [0.15, 0.2) is 47.1 Å². The van der Waals surface area contributed by atoms with Gasteiger partial charge in [0.1, 0.15) is 0 Å². The third-order valence-corrected chi connectivity index (χ3v) is 4.07. The van der Waals surface area contributed by atoms with Gasteiger partial charge in [-0.2, -0.15) is 0 Å². The normalized spacial score (nSPS) is 12.6. The molecule has 0 aliphatic carbocycles. The van der Waals surface area contributed by atoms with Gasteiger partial charge in [0.2, 0.25) is 0 Å². The highest BCUT2D eigenvalue weighted by Gasteiger charge is 2.09. The van der Waals surface area contributed by atoms with Crippen LogP contribution < -0.4 is 5.32 Å². The van der Waals surface area contributed by atoms with Gasteiger partial charge in [0.15, 0.2) is 0 Å². The lowest BCUT2D eigenvalue weighted by atomic mass is 10.1. The Morgan fingerprint density at radius 1 is 1.21 bits per heavy atom. The first-order valence-corrected chi connectivity index (χ1v) is 7.63. The van der Waals surface area contributed by atoms with Crippen molar-refractivity contribution in [2.45, 2.75) is 39.4 Å². The van der Waals surface area contributed by atoms with E-state index in [4.69, 9.17) is 0 Å². The van der Waals surface area contributed by atoms with Crippen LogP contribution in [0.2, 0.25) is 0 Å². The molecule has 19 heavy (non-hydrogen) atoms. The van der Waals surface area contributed by atoms with E-state index in [0.717, 1.165) is 13.1 Å². The average molecular weight is 321 g/mol. The molecule has 1 atom stereocenters. The maximum absolute atomic E-state index is 3.61. The van der Waals surface area contributed by atoms with Gasteiger partial charge >= 0.3 is 0 Å². The van der Waals surface area contributed by atoms with Crippen molar-refractivity contribution in [2.24, 2.45) is 0 Å². The molecule has 1 aromatic carbocycles. The summed E-state index contributed by atoms with van der Waals surface area (Å²) in [5.41, 5.74) is 2.65. The molecular formula is C16H21BrN2. The number of hydrogen-bond acceptors (Lipinski definition) is 1. The fraction of sp³-hybridized carbons (Fsp3) is 0.375. The Balaban J connectivity index is 1.98. The monoisotopic (exact) mass is 320 g/mol. The summed E-state index contributed by atoms with van der Waals surface area (Å²) >= 11 is 3.61. The lowest BCUT2D eigenvalue weighted by Crippen LogP contribution is -2.20. The molecule has 0 aliphatic heterocycles. The minimum atomic E-state index is 0.334. The molecule has 0 aliphatic rings. The Bertz CT molecular complexity index is 519. The van der Waals surface area contributed by atoms with E-state index in [2.05, 4.69) is 76.2 Å². The van der Waals surface area contributed by atoms with Gasteiger partial charge in [0.25, 0.3) is 0 Å². The molecule has 0 bridgehead atoms. The standard InChI is InChI=1S/C16H21BrN2/c1-3-10-19-11-6-7-14(19)12-18-13(2)15-8-4-5-9-16(15)17/h4-9,11,13,18H,3,10,12H2,1-2H3/t13-/m1/s1. The molecule has 0 saturated carbocycles. The van der Waals surface area contributed by atoms with E-state index >= 15 is 0 Å². The van der Waals surface area contributed by atoms with E-state index in [9.17, 15) is 0 Å². The maximum atomic E-state index is 3.61. The van der Waals surface area contributed by atoms with Gasteiger partial charge in [-0.3, -0.25) is 0 Å². The molecule has 0 amide bonds. The number of halogens is 1. The highest BCUT2D eigenvalue weighted by atomic mass is 79.9. The highest BCUT2D eigenvalue weighted by molar-refractivity contribution is 9.10. The molecule has 0 fully saturated rings. The fourth-order valence-corrected chi connectivity index (χ4v) is 2.89. The summed E-state index contributed by atoms with van der Waals surface area (Å²) in [5, 5.41) is 3.59. The molecule has 102 valence electrons. The van der Waals surface area contributed by atoms with E-state index < -0.39 is 0 Å². The van der Waals surface area contributed by atoms with Gasteiger partial charge in [-0.25, -0.2) is 0 Å². The molecule has 2 rings (SSSR count). The van der Waals surface area contributed by atoms with Gasteiger partial charge in [0, 0.05) is 35.5 Å². The van der Waals surface area contributed by atoms with E-state index in [1.807, 2.05) is 6.07 Å². The van der Waals surface area contributed by atoms with E-state index in [-0.39, 0.29) is 0 Å². The number of hydrogen-bond donors (Lipinski definition) is 1. The lowest BCUT2D eigenvalue weighted by Gasteiger charge is -2.17. The Morgan fingerprint density at radius 3 is 2.74 bits per heavy atom. The molecular weight excluding hydrogens is 300 g/mol. The molecule has 2 nitrogen and oxygen atoms in total. The van der Waals surface area contributed by atoms with Crippen LogP contribution in [-0.2, 0) is 13.1 Å². The Kier molecular flexibility index (Phi) is 5.23. The first kappa shape index (κ1) is 14.4. The predicted molar refractivity (Wildman–Crippen MR) is 84.1 cm³/mol. The summed E-state index contributed by atoms with van der Waals surface area (Å²) in [6.07, 6.45) is 3.32. The second kappa shape index (κ2) is 6.92. The number of rotatable bonds is 6.